The SMILES string of the molecule is CN=C(NCCc1ccc(Cl)s1)NCC(C(C)C)N1CCOCC1.I. The summed E-state index contributed by atoms with van der Waals surface area (Å²) in [7, 11) is 1.82. The van der Waals surface area contributed by atoms with E-state index in [1.54, 1.807) is 11.3 Å². The summed E-state index contributed by atoms with van der Waals surface area (Å²) in [6.07, 6.45) is 0.954. The van der Waals surface area contributed by atoms with Crippen LogP contribution in [0.1, 0.15) is 18.7 Å². The van der Waals surface area contributed by atoms with Crippen LogP contribution < -0.4 is 10.6 Å². The van der Waals surface area contributed by atoms with E-state index in [0.717, 1.165) is 56.1 Å². The highest BCUT2D eigenvalue weighted by atomic mass is 127. The molecule has 0 radical (unpaired) electrons. The van der Waals surface area contributed by atoms with E-state index in [1.165, 1.54) is 4.88 Å². The summed E-state index contributed by atoms with van der Waals surface area (Å²) < 4.78 is 6.31. The maximum Gasteiger partial charge on any atom is 0.191 e. The minimum absolute atomic E-state index is 0. The lowest BCUT2D eigenvalue weighted by Gasteiger charge is -2.37. The summed E-state index contributed by atoms with van der Waals surface area (Å²) in [6, 6.07) is 4.52. The number of guanidine groups is 1. The highest BCUT2D eigenvalue weighted by Crippen LogP contribution is 2.21. The molecule has 1 aliphatic heterocycles. The van der Waals surface area contributed by atoms with Crippen molar-refractivity contribution in [1.29, 1.82) is 0 Å². The largest absolute Gasteiger partial charge is 0.379 e. The molecule has 2 heterocycles. The molecule has 2 rings (SSSR count). The number of hydrogen-bond acceptors (Lipinski definition) is 4. The predicted octanol–water partition coefficient (Wildman–Crippen LogP) is 3.08. The summed E-state index contributed by atoms with van der Waals surface area (Å²) in [5, 5.41) is 6.86. The van der Waals surface area contributed by atoms with E-state index >= 15 is 0 Å². The van der Waals surface area contributed by atoms with E-state index in [0.29, 0.717) is 12.0 Å². The van der Waals surface area contributed by atoms with Crippen molar-refractivity contribution in [3.63, 3.8) is 0 Å². The topological polar surface area (TPSA) is 48.9 Å². The van der Waals surface area contributed by atoms with Crippen LogP contribution >= 0.6 is 46.9 Å². The van der Waals surface area contributed by atoms with Gasteiger partial charge in [0.05, 0.1) is 17.6 Å². The number of nitrogens with zero attached hydrogens (tertiary/aromatic N) is 2. The van der Waals surface area contributed by atoms with Gasteiger partial charge in [0.15, 0.2) is 5.96 Å². The van der Waals surface area contributed by atoms with Crippen molar-refractivity contribution >= 4 is 52.9 Å². The van der Waals surface area contributed by atoms with Gasteiger partial charge in [-0.15, -0.1) is 35.3 Å². The Balaban J connectivity index is 0.00000312. The number of halogens is 2. The van der Waals surface area contributed by atoms with Gasteiger partial charge in [-0.25, -0.2) is 0 Å². The number of aliphatic imine (C=N–C) groups is 1. The van der Waals surface area contributed by atoms with Gasteiger partial charge in [-0.3, -0.25) is 9.89 Å². The molecule has 144 valence electrons. The number of ether oxygens (including phenoxy) is 1. The zero-order valence-corrected chi connectivity index (χ0v) is 19.2. The maximum atomic E-state index is 5.97. The maximum absolute atomic E-state index is 5.97. The summed E-state index contributed by atoms with van der Waals surface area (Å²) >= 11 is 7.60. The van der Waals surface area contributed by atoms with Gasteiger partial charge in [0.25, 0.3) is 0 Å². The molecule has 0 spiro atoms. The third kappa shape index (κ3) is 7.99. The lowest BCUT2D eigenvalue weighted by Crippen LogP contribution is -2.52. The van der Waals surface area contributed by atoms with Crippen molar-refractivity contribution in [2.24, 2.45) is 10.9 Å². The zero-order chi connectivity index (χ0) is 17.4. The van der Waals surface area contributed by atoms with Gasteiger partial charge < -0.3 is 15.4 Å². The molecule has 0 aromatic carbocycles. The fourth-order valence-electron chi connectivity index (χ4n) is 2.91. The standard InChI is InChI=1S/C17H29ClN4OS.HI/c1-13(2)15(22-8-10-23-11-9-22)12-21-17(19-3)20-7-6-14-4-5-16(18)24-14;/h4-5,13,15H,6-12H2,1-3H3,(H2,19,20,21);1H. The molecule has 0 amide bonds. The summed E-state index contributed by atoms with van der Waals surface area (Å²) in [4.78, 5) is 8.13. The van der Waals surface area contributed by atoms with Gasteiger partial charge in [0.2, 0.25) is 0 Å². The van der Waals surface area contributed by atoms with Gasteiger partial charge >= 0.3 is 0 Å². The highest BCUT2D eigenvalue weighted by Gasteiger charge is 2.23. The van der Waals surface area contributed by atoms with Gasteiger partial charge in [0.1, 0.15) is 0 Å². The monoisotopic (exact) mass is 500 g/mol. The Kier molecular flexibility index (Phi) is 11.3. The van der Waals surface area contributed by atoms with E-state index in [4.69, 9.17) is 16.3 Å². The molecule has 1 saturated heterocycles. The van der Waals surface area contributed by atoms with Crippen LogP contribution in [0.25, 0.3) is 0 Å². The molecule has 8 heteroatoms. The first-order valence-corrected chi connectivity index (χ1v) is 9.80. The Morgan fingerprint density at radius 3 is 2.60 bits per heavy atom. The molecule has 2 N–H and O–H groups in total. The summed E-state index contributed by atoms with van der Waals surface area (Å²) in [5.74, 6) is 1.44. The zero-order valence-electron chi connectivity index (χ0n) is 15.3. The first kappa shape index (κ1) is 23.0. The Morgan fingerprint density at radius 2 is 2.04 bits per heavy atom. The van der Waals surface area contributed by atoms with Crippen molar-refractivity contribution in [2.45, 2.75) is 26.3 Å². The van der Waals surface area contributed by atoms with Crippen molar-refractivity contribution in [3.8, 4) is 0 Å². The fraction of sp³-hybridized carbons (Fsp3) is 0.706. The first-order chi connectivity index (χ1) is 11.6. The average Bonchev–Trinajstić information content (AvgIpc) is 2.99. The van der Waals surface area contributed by atoms with Crippen molar-refractivity contribution in [1.82, 2.24) is 15.5 Å². The van der Waals surface area contributed by atoms with Crippen LogP contribution in [0.5, 0.6) is 0 Å². The molecule has 0 bridgehead atoms. The van der Waals surface area contributed by atoms with Crippen molar-refractivity contribution in [2.75, 3.05) is 46.4 Å². The van der Waals surface area contributed by atoms with Crippen LogP contribution in [0.2, 0.25) is 4.34 Å². The van der Waals surface area contributed by atoms with Crippen LogP contribution in [0.15, 0.2) is 17.1 Å². The minimum Gasteiger partial charge on any atom is -0.379 e. The van der Waals surface area contributed by atoms with E-state index in [1.807, 2.05) is 13.1 Å². The van der Waals surface area contributed by atoms with Gasteiger partial charge in [-0.1, -0.05) is 25.4 Å². The Hall–Kier alpha value is -0.0900. The number of hydrogen-bond donors (Lipinski definition) is 2. The second kappa shape index (κ2) is 12.3. The Labute approximate surface area is 177 Å². The quantitative estimate of drug-likeness (QED) is 0.343. The van der Waals surface area contributed by atoms with E-state index < -0.39 is 0 Å². The number of morpholine rings is 1. The molecule has 0 aliphatic carbocycles. The van der Waals surface area contributed by atoms with Crippen LogP contribution in [0.3, 0.4) is 0 Å². The normalized spacial score (nSPS) is 17.2. The molecule has 0 saturated carbocycles. The van der Waals surface area contributed by atoms with Crippen molar-refractivity contribution < 1.29 is 4.74 Å². The number of thiophene rings is 1. The van der Waals surface area contributed by atoms with Crippen LogP contribution in [0.4, 0.5) is 0 Å². The van der Waals surface area contributed by atoms with E-state index in [-0.39, 0.29) is 24.0 Å². The van der Waals surface area contributed by atoms with Crippen molar-refractivity contribution in [3.05, 3.63) is 21.3 Å². The molecule has 1 aromatic rings. The summed E-state index contributed by atoms with van der Waals surface area (Å²) in [5.41, 5.74) is 0. The molecular formula is C17H30ClIN4OS. The third-order valence-electron chi connectivity index (χ3n) is 4.28. The summed E-state index contributed by atoms with van der Waals surface area (Å²) in [6.45, 7) is 9.98. The number of rotatable bonds is 7. The molecular weight excluding hydrogens is 471 g/mol. The van der Waals surface area contributed by atoms with Gasteiger partial charge in [-0.05, 0) is 24.5 Å². The molecule has 1 aliphatic rings. The van der Waals surface area contributed by atoms with Crippen LogP contribution in [0, 0.1) is 5.92 Å². The van der Waals surface area contributed by atoms with E-state index in [9.17, 15) is 0 Å². The molecule has 1 fully saturated rings. The lowest BCUT2D eigenvalue weighted by molar-refractivity contribution is 0.00752. The van der Waals surface area contributed by atoms with E-state index in [2.05, 4.69) is 40.4 Å². The molecule has 25 heavy (non-hydrogen) atoms. The molecule has 5 nitrogen and oxygen atoms in total. The lowest BCUT2D eigenvalue weighted by atomic mass is 10.0. The van der Waals surface area contributed by atoms with Crippen LogP contribution in [-0.2, 0) is 11.2 Å². The second-order valence-electron chi connectivity index (χ2n) is 6.30. The second-order valence-corrected chi connectivity index (χ2v) is 8.10. The Morgan fingerprint density at radius 1 is 1.32 bits per heavy atom. The first-order valence-electron chi connectivity index (χ1n) is 8.60. The average molecular weight is 501 g/mol. The molecule has 1 unspecified atom stereocenters. The fourth-order valence-corrected chi connectivity index (χ4v) is 3.99. The smallest absolute Gasteiger partial charge is 0.191 e. The minimum atomic E-state index is 0. The third-order valence-corrected chi connectivity index (χ3v) is 5.57. The van der Waals surface area contributed by atoms with Gasteiger partial charge in [-0.2, -0.15) is 0 Å². The molecule has 1 atom stereocenters. The van der Waals surface area contributed by atoms with Gasteiger partial charge in [0, 0.05) is 44.1 Å². The molecule has 1 aromatic heterocycles. The van der Waals surface area contributed by atoms with Crippen LogP contribution in [-0.4, -0.2) is 63.3 Å². The predicted molar refractivity (Wildman–Crippen MR) is 119 cm³/mol. The number of nitrogens with one attached hydrogen (secondary N) is 2. The Bertz CT molecular complexity index is 521. The highest BCUT2D eigenvalue weighted by molar-refractivity contribution is 14.0.